The first kappa shape index (κ1) is 100. The molecular formula is C86H165N3O10S2. The Balaban J connectivity index is 0. The molecule has 0 aliphatic rings. The zero-order valence-electron chi connectivity index (χ0n) is 68.3. The molecule has 596 valence electrons. The number of carbonyl (C=O) groups excluding carboxylic acids is 6. The quantitative estimate of drug-likeness (QED) is 0.0246. The minimum absolute atomic E-state index is 0.00302. The van der Waals surface area contributed by atoms with Crippen LogP contribution >= 0.6 is 23.5 Å². The molecule has 0 atom stereocenters. The van der Waals surface area contributed by atoms with Gasteiger partial charge in [0.1, 0.15) is 24.9 Å². The van der Waals surface area contributed by atoms with Crippen molar-refractivity contribution in [3.05, 3.63) is 12.2 Å². The number of ether oxygens (including phenoxy) is 4. The summed E-state index contributed by atoms with van der Waals surface area (Å²) < 4.78 is 23.4. The van der Waals surface area contributed by atoms with Crippen molar-refractivity contribution >= 4 is 57.9 Å². The number of esters is 4. The fourth-order valence-electron chi connectivity index (χ4n) is 12.5. The van der Waals surface area contributed by atoms with E-state index in [9.17, 15) is 28.8 Å². The van der Waals surface area contributed by atoms with E-state index >= 15 is 0 Å². The lowest BCUT2D eigenvalue weighted by Gasteiger charge is -2.23. The number of carbonyl (C=O) groups is 6. The molecule has 0 spiro atoms. The van der Waals surface area contributed by atoms with Crippen LogP contribution in [0, 0.1) is 5.92 Å². The third kappa shape index (κ3) is 72.6. The second-order valence-corrected chi connectivity index (χ2v) is 32.0. The SMILES string of the molecule is CCCCCC/C=C\COC(=O)CCCCCN(CCCCCC(=O)OC(CCCCCCC)CCCCCCC)C(=O)SCCC(C)C.CCCCCCCC(CCCCCCC)OC(=O)CCCN(CCCC(=O)OC(CCCCCCC)CCCCCCC)C(=O)SCCCN(C)C. The van der Waals surface area contributed by atoms with Crippen LogP contribution in [-0.4, -0.2) is 132 Å². The third-order valence-corrected chi connectivity index (χ3v) is 21.0. The predicted octanol–water partition coefficient (Wildman–Crippen LogP) is 25.9. The summed E-state index contributed by atoms with van der Waals surface area (Å²) in [6, 6.07) is 0. The summed E-state index contributed by atoms with van der Waals surface area (Å²) in [6.07, 6.45) is 62.4. The molecule has 0 heterocycles. The van der Waals surface area contributed by atoms with E-state index in [0.29, 0.717) is 77.2 Å². The summed E-state index contributed by atoms with van der Waals surface area (Å²) >= 11 is 2.78. The summed E-state index contributed by atoms with van der Waals surface area (Å²) in [5.74, 6) is 1.70. The summed E-state index contributed by atoms with van der Waals surface area (Å²) in [6.45, 7) is 23.7. The second kappa shape index (κ2) is 78.3. The van der Waals surface area contributed by atoms with Gasteiger partial charge in [0.05, 0.1) is 0 Å². The minimum Gasteiger partial charge on any atom is -0.462 e. The molecule has 2 amide bonds. The molecule has 0 aromatic carbocycles. The average molecular weight is 1470 g/mol. The molecule has 0 unspecified atom stereocenters. The summed E-state index contributed by atoms with van der Waals surface area (Å²) in [4.78, 5) is 83.2. The molecule has 0 radical (unpaired) electrons. The largest absolute Gasteiger partial charge is 0.462 e. The van der Waals surface area contributed by atoms with Crippen molar-refractivity contribution in [3.8, 4) is 0 Å². The number of allylic oxidation sites excluding steroid dienone is 1. The number of unbranched alkanes of at least 4 members (excludes halogenated alkanes) is 32. The Bertz CT molecular complexity index is 1800. The van der Waals surface area contributed by atoms with Gasteiger partial charge in [0, 0.05) is 63.4 Å². The molecule has 0 fully saturated rings. The highest BCUT2D eigenvalue weighted by Crippen LogP contribution is 2.23. The zero-order valence-corrected chi connectivity index (χ0v) is 69.9. The molecule has 13 nitrogen and oxygen atoms in total. The maximum Gasteiger partial charge on any atom is 0.306 e. The molecule has 0 aromatic heterocycles. The second-order valence-electron chi connectivity index (χ2n) is 29.9. The molecular weight excluding hydrogens is 1300 g/mol. The Morgan fingerprint density at radius 1 is 0.307 bits per heavy atom. The lowest BCUT2D eigenvalue weighted by atomic mass is 10.0. The molecule has 101 heavy (non-hydrogen) atoms. The maximum atomic E-state index is 13.3. The molecule has 0 aromatic rings. The van der Waals surface area contributed by atoms with Crippen molar-refractivity contribution < 1.29 is 47.7 Å². The number of thioether (sulfide) groups is 2. The van der Waals surface area contributed by atoms with Crippen LogP contribution in [0.15, 0.2) is 12.2 Å². The molecule has 15 heteroatoms. The molecule has 0 N–H and O–H groups in total. The summed E-state index contributed by atoms with van der Waals surface area (Å²) in [5, 5.41) is 0.191. The van der Waals surface area contributed by atoms with Crippen molar-refractivity contribution in [2.75, 3.05) is 64.9 Å². The van der Waals surface area contributed by atoms with Gasteiger partial charge in [-0.1, -0.05) is 284 Å². The van der Waals surface area contributed by atoms with Gasteiger partial charge in [-0.25, -0.2) is 0 Å². The van der Waals surface area contributed by atoms with Crippen molar-refractivity contribution in [1.82, 2.24) is 14.7 Å². The zero-order chi connectivity index (χ0) is 74.7. The Kier molecular flexibility index (Phi) is 77.7. The van der Waals surface area contributed by atoms with E-state index in [-0.39, 0.29) is 52.7 Å². The normalized spacial score (nSPS) is 11.6. The Morgan fingerprint density at radius 3 is 0.941 bits per heavy atom. The topological polar surface area (TPSA) is 149 Å². The van der Waals surface area contributed by atoms with Crippen LogP contribution < -0.4 is 0 Å². The van der Waals surface area contributed by atoms with Gasteiger partial charge in [0.2, 0.25) is 0 Å². The number of amides is 2. The molecule has 0 saturated heterocycles. The van der Waals surface area contributed by atoms with Gasteiger partial charge >= 0.3 is 23.9 Å². The van der Waals surface area contributed by atoms with Crippen LogP contribution in [-0.2, 0) is 38.1 Å². The minimum atomic E-state index is -0.142. The van der Waals surface area contributed by atoms with Crippen LogP contribution in [0.1, 0.15) is 415 Å². The van der Waals surface area contributed by atoms with Gasteiger partial charge in [-0.3, -0.25) is 28.8 Å². The van der Waals surface area contributed by atoms with E-state index in [1.165, 1.54) is 203 Å². The van der Waals surface area contributed by atoms with Crippen molar-refractivity contribution in [2.24, 2.45) is 5.92 Å². The van der Waals surface area contributed by atoms with Crippen LogP contribution in [0.3, 0.4) is 0 Å². The molecule has 0 aliphatic heterocycles. The fourth-order valence-corrected chi connectivity index (χ4v) is 14.4. The summed E-state index contributed by atoms with van der Waals surface area (Å²) in [5.41, 5.74) is 0. The number of hydrogen-bond acceptors (Lipinski definition) is 13. The highest BCUT2D eigenvalue weighted by atomic mass is 32.2. The van der Waals surface area contributed by atoms with Gasteiger partial charge in [-0.2, -0.15) is 0 Å². The van der Waals surface area contributed by atoms with Crippen molar-refractivity contribution in [3.63, 3.8) is 0 Å². The number of nitrogens with zero attached hydrogens (tertiary/aromatic N) is 3. The van der Waals surface area contributed by atoms with Crippen LogP contribution in [0.5, 0.6) is 0 Å². The Labute approximate surface area is 633 Å². The van der Waals surface area contributed by atoms with E-state index in [1.807, 2.05) is 30.0 Å². The fraction of sp³-hybridized carbons (Fsp3) is 0.907. The van der Waals surface area contributed by atoms with Gasteiger partial charge in [0.25, 0.3) is 10.5 Å². The standard InChI is InChI=1S/C44H86N2O5S.C42H79NO5S/c1-7-11-15-19-23-30-40(31-24-20-16-12-8-2)50-42(47)34-27-37-46(44(49)52-39-29-36-45(5)6)38-28-35-43(48)51-41(32-25-21-17-13-9-3)33-26-22-18-14-10-4;1-6-9-12-15-16-19-28-36-47-40(44)31-24-20-26-34-43(42(46)49-37-33-38(4)5)35-27-21-25-32-41(45)48-39(29-22-17-13-10-7-2)30-23-18-14-11-8-3/h40-41H,7-39H2,1-6H3;19,28,38-39H,6-18,20-27,29-37H2,1-5H3/b;28-19-. The Morgan fingerprint density at radius 2 is 0.604 bits per heavy atom. The van der Waals surface area contributed by atoms with Crippen molar-refractivity contribution in [1.29, 1.82) is 0 Å². The first-order chi connectivity index (χ1) is 49.1. The van der Waals surface area contributed by atoms with E-state index in [2.05, 4.69) is 73.3 Å². The van der Waals surface area contributed by atoms with Gasteiger partial charge < -0.3 is 33.6 Å². The molecule has 0 aliphatic carbocycles. The van der Waals surface area contributed by atoms with E-state index in [4.69, 9.17) is 18.9 Å². The van der Waals surface area contributed by atoms with E-state index in [0.717, 1.165) is 153 Å². The summed E-state index contributed by atoms with van der Waals surface area (Å²) in [7, 11) is 4.09. The average Bonchev–Trinajstić information content (AvgIpc) is 1.19. The van der Waals surface area contributed by atoms with Crippen molar-refractivity contribution in [2.45, 2.75) is 434 Å². The number of rotatable bonds is 73. The lowest BCUT2D eigenvalue weighted by Crippen LogP contribution is -2.31. The lowest BCUT2D eigenvalue weighted by molar-refractivity contribution is -0.151. The molecule has 0 saturated carbocycles. The first-order valence-electron chi connectivity index (χ1n) is 43.0. The smallest absolute Gasteiger partial charge is 0.306 e. The first-order valence-corrected chi connectivity index (χ1v) is 44.9. The maximum absolute atomic E-state index is 13.3. The monoisotopic (exact) mass is 1460 g/mol. The van der Waals surface area contributed by atoms with Gasteiger partial charge in [-0.05, 0) is 168 Å². The van der Waals surface area contributed by atoms with Crippen LogP contribution in [0.25, 0.3) is 0 Å². The third-order valence-electron chi connectivity index (χ3n) is 19.1. The highest BCUT2D eigenvalue weighted by molar-refractivity contribution is 8.13. The van der Waals surface area contributed by atoms with E-state index in [1.54, 1.807) is 0 Å². The van der Waals surface area contributed by atoms with Crippen LogP contribution in [0.2, 0.25) is 0 Å². The number of hydrogen-bond donors (Lipinski definition) is 0. The predicted molar refractivity (Wildman–Crippen MR) is 436 cm³/mol. The highest BCUT2D eigenvalue weighted by Gasteiger charge is 2.21. The van der Waals surface area contributed by atoms with Gasteiger partial charge in [0.15, 0.2) is 0 Å². The Hall–Kier alpha value is -2.78. The van der Waals surface area contributed by atoms with E-state index < -0.39 is 0 Å². The van der Waals surface area contributed by atoms with Crippen LogP contribution in [0.4, 0.5) is 9.59 Å². The molecule has 0 rings (SSSR count). The van der Waals surface area contributed by atoms with Gasteiger partial charge in [-0.15, -0.1) is 0 Å². The molecule has 0 bridgehead atoms.